The van der Waals surface area contributed by atoms with Crippen molar-refractivity contribution in [2.24, 2.45) is 5.73 Å². The minimum atomic E-state index is -0.359. The van der Waals surface area contributed by atoms with Gasteiger partial charge < -0.3 is 16.0 Å². The zero-order valence-corrected chi connectivity index (χ0v) is 16.3. The predicted molar refractivity (Wildman–Crippen MR) is 111 cm³/mol. The fraction of sp³-hybridized carbons (Fsp3) is 0.333. The monoisotopic (exact) mass is 383 g/mol. The van der Waals surface area contributed by atoms with E-state index in [1.807, 2.05) is 66.1 Å². The van der Waals surface area contributed by atoms with Crippen LogP contribution in [-0.4, -0.2) is 41.3 Å². The molecule has 3 rings (SSSR count). The summed E-state index contributed by atoms with van der Waals surface area (Å²) in [5.74, 6) is 1.80. The summed E-state index contributed by atoms with van der Waals surface area (Å²) < 4.78 is 0. The number of hydrogen-bond donors (Lipinski definition) is 2. The van der Waals surface area contributed by atoms with Crippen LogP contribution >= 0.6 is 11.8 Å². The molecule has 0 bridgehead atoms. The van der Waals surface area contributed by atoms with E-state index in [0.29, 0.717) is 11.3 Å². The van der Waals surface area contributed by atoms with Crippen molar-refractivity contribution in [3.63, 3.8) is 0 Å². The Kier molecular flexibility index (Phi) is 6.53. The van der Waals surface area contributed by atoms with E-state index < -0.39 is 0 Å². The first-order valence-corrected chi connectivity index (χ1v) is 10.3. The number of benzene rings is 2. The number of carbonyl (C=O) groups is 2. The second-order valence-electron chi connectivity index (χ2n) is 6.70. The molecule has 0 saturated carbocycles. The van der Waals surface area contributed by atoms with Crippen molar-refractivity contribution in [2.75, 3.05) is 29.9 Å². The van der Waals surface area contributed by atoms with E-state index in [1.165, 1.54) is 0 Å². The predicted octanol–water partition coefficient (Wildman–Crippen LogP) is 3.21. The van der Waals surface area contributed by atoms with E-state index in [1.54, 1.807) is 6.07 Å². The molecule has 0 spiro atoms. The first-order valence-electron chi connectivity index (χ1n) is 9.12. The normalized spacial score (nSPS) is 15.3. The summed E-state index contributed by atoms with van der Waals surface area (Å²) >= 11 is 1.87. The van der Waals surface area contributed by atoms with E-state index in [-0.39, 0.29) is 24.3 Å². The van der Waals surface area contributed by atoms with Crippen LogP contribution in [0.3, 0.4) is 0 Å². The molecule has 5 nitrogen and oxygen atoms in total. The smallest absolute Gasteiger partial charge is 0.253 e. The van der Waals surface area contributed by atoms with E-state index >= 15 is 0 Å². The summed E-state index contributed by atoms with van der Waals surface area (Å²) in [6, 6.07) is 14.7. The lowest BCUT2D eigenvalue weighted by atomic mass is 10.0. The maximum absolute atomic E-state index is 12.7. The fourth-order valence-corrected chi connectivity index (χ4v) is 3.96. The van der Waals surface area contributed by atoms with Gasteiger partial charge in [-0.25, -0.2) is 0 Å². The second-order valence-corrected chi connectivity index (χ2v) is 7.93. The van der Waals surface area contributed by atoms with Crippen molar-refractivity contribution in [3.8, 4) is 0 Å². The molecule has 1 atom stereocenters. The van der Waals surface area contributed by atoms with Gasteiger partial charge in [0.2, 0.25) is 5.91 Å². The molecule has 27 heavy (non-hydrogen) atoms. The Morgan fingerprint density at radius 3 is 2.56 bits per heavy atom. The van der Waals surface area contributed by atoms with Crippen molar-refractivity contribution in [1.29, 1.82) is 0 Å². The lowest BCUT2D eigenvalue weighted by Gasteiger charge is -2.26. The first-order chi connectivity index (χ1) is 13.0. The lowest BCUT2D eigenvalue weighted by Crippen LogP contribution is -2.37. The summed E-state index contributed by atoms with van der Waals surface area (Å²) in [7, 11) is 0. The molecule has 2 aromatic rings. The van der Waals surface area contributed by atoms with Gasteiger partial charge in [-0.3, -0.25) is 9.59 Å². The number of hydrogen-bond acceptors (Lipinski definition) is 4. The summed E-state index contributed by atoms with van der Waals surface area (Å²) in [6.07, 6.45) is 0.185. The number of nitrogens with one attached hydrogen (secondary N) is 1. The second kappa shape index (κ2) is 9.06. The molecule has 1 heterocycles. The number of nitrogens with two attached hydrogens (primary N) is 1. The van der Waals surface area contributed by atoms with Gasteiger partial charge in [-0.15, -0.1) is 0 Å². The summed E-state index contributed by atoms with van der Waals surface area (Å²) in [5, 5.41) is 2.92. The summed E-state index contributed by atoms with van der Waals surface area (Å²) in [4.78, 5) is 27.0. The maximum atomic E-state index is 12.7. The van der Waals surface area contributed by atoms with Gasteiger partial charge >= 0.3 is 0 Å². The van der Waals surface area contributed by atoms with Gasteiger partial charge in [0.05, 0.1) is 0 Å². The van der Waals surface area contributed by atoms with E-state index in [0.717, 1.165) is 35.7 Å². The van der Waals surface area contributed by atoms with Crippen LogP contribution in [0.1, 0.15) is 33.9 Å². The maximum Gasteiger partial charge on any atom is 0.253 e. The third-order valence-electron chi connectivity index (χ3n) is 4.69. The minimum absolute atomic E-state index is 0.0202. The number of nitrogens with zero attached hydrogens (tertiary/aromatic N) is 1. The Morgan fingerprint density at radius 2 is 1.85 bits per heavy atom. The lowest BCUT2D eigenvalue weighted by molar-refractivity contribution is -0.116. The van der Waals surface area contributed by atoms with E-state index in [2.05, 4.69) is 5.32 Å². The SMILES string of the molecule is Cc1ccc(C(=O)N2CCSCC2)cc1NC(=O)CC(N)c1ccccc1. The zero-order chi connectivity index (χ0) is 19.2. The molecule has 2 amide bonds. The van der Waals surface area contributed by atoms with Crippen LogP contribution in [0, 0.1) is 6.92 Å². The Morgan fingerprint density at radius 1 is 1.15 bits per heavy atom. The first kappa shape index (κ1) is 19.5. The zero-order valence-electron chi connectivity index (χ0n) is 15.5. The molecular weight excluding hydrogens is 358 g/mol. The van der Waals surface area contributed by atoms with Gasteiger partial charge in [-0.05, 0) is 30.2 Å². The van der Waals surface area contributed by atoms with Crippen LogP contribution in [0.4, 0.5) is 5.69 Å². The molecule has 1 aliphatic heterocycles. The Balaban J connectivity index is 1.67. The van der Waals surface area contributed by atoms with Crippen LogP contribution in [0.5, 0.6) is 0 Å². The highest BCUT2D eigenvalue weighted by molar-refractivity contribution is 7.99. The van der Waals surface area contributed by atoms with Gasteiger partial charge in [-0.1, -0.05) is 36.4 Å². The number of carbonyl (C=O) groups excluding carboxylic acids is 2. The van der Waals surface area contributed by atoms with Crippen LogP contribution in [0.15, 0.2) is 48.5 Å². The molecule has 6 heteroatoms. The Labute approximate surface area is 164 Å². The number of aryl methyl sites for hydroxylation is 1. The molecule has 1 fully saturated rings. The van der Waals surface area contributed by atoms with Crippen LogP contribution in [-0.2, 0) is 4.79 Å². The van der Waals surface area contributed by atoms with E-state index in [4.69, 9.17) is 5.73 Å². The molecule has 2 aromatic carbocycles. The molecule has 1 saturated heterocycles. The highest BCUT2D eigenvalue weighted by Crippen LogP contribution is 2.21. The van der Waals surface area contributed by atoms with Crippen molar-refractivity contribution in [1.82, 2.24) is 4.90 Å². The largest absolute Gasteiger partial charge is 0.337 e. The minimum Gasteiger partial charge on any atom is -0.337 e. The van der Waals surface area contributed by atoms with Gasteiger partial charge in [0.1, 0.15) is 0 Å². The number of anilines is 1. The van der Waals surface area contributed by atoms with Gasteiger partial charge in [-0.2, -0.15) is 11.8 Å². The average molecular weight is 384 g/mol. The molecule has 0 radical (unpaired) electrons. The summed E-state index contributed by atoms with van der Waals surface area (Å²) in [5.41, 5.74) is 9.26. The highest BCUT2D eigenvalue weighted by atomic mass is 32.2. The topological polar surface area (TPSA) is 75.4 Å². The third kappa shape index (κ3) is 5.11. The molecule has 1 unspecified atom stereocenters. The average Bonchev–Trinajstić information content (AvgIpc) is 2.70. The van der Waals surface area contributed by atoms with Crippen molar-refractivity contribution in [2.45, 2.75) is 19.4 Å². The Bertz CT molecular complexity index is 804. The summed E-state index contributed by atoms with van der Waals surface area (Å²) in [6.45, 7) is 3.45. The van der Waals surface area contributed by atoms with Crippen molar-refractivity contribution in [3.05, 3.63) is 65.2 Å². The molecule has 3 N–H and O–H groups in total. The van der Waals surface area contributed by atoms with Gasteiger partial charge in [0.25, 0.3) is 5.91 Å². The van der Waals surface area contributed by atoms with Crippen LogP contribution in [0.2, 0.25) is 0 Å². The third-order valence-corrected chi connectivity index (χ3v) is 5.63. The van der Waals surface area contributed by atoms with Gasteiger partial charge in [0.15, 0.2) is 0 Å². The fourth-order valence-electron chi connectivity index (χ4n) is 3.06. The van der Waals surface area contributed by atoms with Crippen LogP contribution in [0.25, 0.3) is 0 Å². The van der Waals surface area contributed by atoms with Gasteiger partial charge in [0, 0.05) is 48.3 Å². The van der Waals surface area contributed by atoms with Crippen molar-refractivity contribution >= 4 is 29.3 Å². The number of rotatable bonds is 5. The molecule has 142 valence electrons. The number of thioether (sulfide) groups is 1. The molecule has 0 aromatic heterocycles. The molecule has 1 aliphatic rings. The highest BCUT2D eigenvalue weighted by Gasteiger charge is 2.19. The number of amides is 2. The Hall–Kier alpha value is -2.31. The van der Waals surface area contributed by atoms with Crippen LogP contribution < -0.4 is 11.1 Å². The molecule has 0 aliphatic carbocycles. The standard InChI is InChI=1S/C21H25N3O2S/c1-15-7-8-17(21(26)24-9-11-27-12-10-24)13-19(15)23-20(25)14-18(22)16-5-3-2-4-6-16/h2-8,13,18H,9-12,14,22H2,1H3,(H,23,25). The quantitative estimate of drug-likeness (QED) is 0.831. The molecular formula is C21H25N3O2S. The van der Waals surface area contributed by atoms with E-state index in [9.17, 15) is 9.59 Å². The van der Waals surface area contributed by atoms with Crippen molar-refractivity contribution < 1.29 is 9.59 Å².